The Labute approximate surface area is 168 Å². The number of nitrogens with zero attached hydrogens (tertiary/aromatic N) is 2. The fourth-order valence-electron chi connectivity index (χ4n) is 3.39. The Morgan fingerprint density at radius 2 is 1.68 bits per heavy atom. The summed E-state index contributed by atoms with van der Waals surface area (Å²) in [5, 5.41) is 0.759. The summed E-state index contributed by atoms with van der Waals surface area (Å²) in [5.41, 5.74) is 4.23. The number of halogens is 2. The monoisotopic (exact) mass is 394 g/mol. The van der Waals surface area contributed by atoms with Crippen molar-refractivity contribution in [3.05, 3.63) is 82.6 Å². The van der Waals surface area contributed by atoms with E-state index in [-0.39, 0.29) is 5.82 Å². The fraction of sp³-hybridized carbons (Fsp3) is 0.174. The topological polar surface area (TPSA) is 27.1 Å². The maximum Gasteiger partial charge on any atom is 0.144 e. The van der Waals surface area contributed by atoms with Gasteiger partial charge in [0.15, 0.2) is 0 Å². The molecule has 0 bridgehead atoms. The van der Waals surface area contributed by atoms with Crippen molar-refractivity contribution in [2.45, 2.75) is 20.4 Å². The molecule has 0 saturated carbocycles. The molecule has 0 fully saturated rings. The minimum absolute atomic E-state index is 0.288. The van der Waals surface area contributed by atoms with Gasteiger partial charge in [0.2, 0.25) is 0 Å². The van der Waals surface area contributed by atoms with Gasteiger partial charge >= 0.3 is 0 Å². The zero-order valence-corrected chi connectivity index (χ0v) is 16.5. The van der Waals surface area contributed by atoms with Gasteiger partial charge in [-0.1, -0.05) is 35.9 Å². The molecule has 0 saturated heterocycles. The van der Waals surface area contributed by atoms with E-state index in [1.165, 1.54) is 6.07 Å². The first-order valence-corrected chi connectivity index (χ1v) is 9.52. The number of aryl methyl sites for hydroxylation is 2. The van der Waals surface area contributed by atoms with Crippen LogP contribution in [0.15, 0.2) is 60.7 Å². The van der Waals surface area contributed by atoms with Crippen LogP contribution in [-0.2, 0) is 6.54 Å². The number of hydrogen-bond donors (Lipinski definition) is 0. The maximum absolute atomic E-state index is 14.4. The zero-order chi connectivity index (χ0) is 19.7. The van der Waals surface area contributed by atoms with Crippen molar-refractivity contribution in [1.29, 1.82) is 0 Å². The SMILES string of the molecule is Cc1cc(OCCn2c(-c3ccccc3F)nc3ccccc32)cc(C)c1Cl. The molecule has 4 aromatic rings. The first-order valence-electron chi connectivity index (χ1n) is 9.14. The minimum Gasteiger partial charge on any atom is -0.492 e. The van der Waals surface area contributed by atoms with Gasteiger partial charge in [-0.25, -0.2) is 9.37 Å². The van der Waals surface area contributed by atoms with Crippen molar-refractivity contribution in [2.75, 3.05) is 6.61 Å². The third-order valence-electron chi connectivity index (χ3n) is 4.76. The van der Waals surface area contributed by atoms with Crippen molar-refractivity contribution in [3.8, 4) is 17.1 Å². The highest BCUT2D eigenvalue weighted by atomic mass is 35.5. The summed E-state index contributed by atoms with van der Waals surface area (Å²) in [6.45, 7) is 4.90. The number of hydrogen-bond acceptors (Lipinski definition) is 2. The second-order valence-corrected chi connectivity index (χ2v) is 7.15. The van der Waals surface area contributed by atoms with Crippen LogP contribution in [-0.4, -0.2) is 16.2 Å². The van der Waals surface area contributed by atoms with E-state index in [1.807, 2.05) is 60.9 Å². The van der Waals surface area contributed by atoms with Crippen molar-refractivity contribution in [3.63, 3.8) is 0 Å². The van der Waals surface area contributed by atoms with Gasteiger partial charge < -0.3 is 9.30 Å². The van der Waals surface area contributed by atoms with Crippen LogP contribution >= 0.6 is 11.6 Å². The smallest absolute Gasteiger partial charge is 0.144 e. The molecule has 0 atom stereocenters. The van der Waals surface area contributed by atoms with Crippen molar-refractivity contribution in [2.24, 2.45) is 0 Å². The van der Waals surface area contributed by atoms with Gasteiger partial charge in [-0.2, -0.15) is 0 Å². The number of benzene rings is 3. The molecular weight excluding hydrogens is 375 g/mol. The highest BCUT2D eigenvalue weighted by Crippen LogP contribution is 2.28. The highest BCUT2D eigenvalue weighted by molar-refractivity contribution is 6.32. The largest absolute Gasteiger partial charge is 0.492 e. The van der Waals surface area contributed by atoms with Crippen LogP contribution in [0.3, 0.4) is 0 Å². The quantitative estimate of drug-likeness (QED) is 0.403. The summed E-state index contributed by atoms with van der Waals surface area (Å²) >= 11 is 6.23. The molecule has 3 nitrogen and oxygen atoms in total. The molecule has 5 heteroatoms. The molecule has 3 aromatic carbocycles. The molecule has 1 heterocycles. The third-order valence-corrected chi connectivity index (χ3v) is 5.36. The molecule has 28 heavy (non-hydrogen) atoms. The molecule has 0 unspecified atom stereocenters. The minimum atomic E-state index is -0.288. The van der Waals surface area contributed by atoms with Crippen LogP contribution in [0.2, 0.25) is 5.02 Å². The van der Waals surface area contributed by atoms with Crippen LogP contribution in [0.5, 0.6) is 5.75 Å². The lowest BCUT2D eigenvalue weighted by atomic mass is 10.1. The van der Waals surface area contributed by atoms with E-state index in [0.717, 1.165) is 32.9 Å². The van der Waals surface area contributed by atoms with Crippen molar-refractivity contribution >= 4 is 22.6 Å². The molecule has 0 N–H and O–H groups in total. The number of fused-ring (bicyclic) bond motifs is 1. The van der Waals surface area contributed by atoms with Gasteiger partial charge in [0.1, 0.15) is 24.0 Å². The Balaban J connectivity index is 1.65. The molecule has 0 radical (unpaired) electrons. The summed E-state index contributed by atoms with van der Waals surface area (Å²) in [6, 6.07) is 18.4. The molecule has 1 aromatic heterocycles. The average Bonchev–Trinajstić information content (AvgIpc) is 3.05. The van der Waals surface area contributed by atoms with Crippen LogP contribution in [0.1, 0.15) is 11.1 Å². The summed E-state index contributed by atoms with van der Waals surface area (Å²) in [5.74, 6) is 1.09. The average molecular weight is 395 g/mol. The van der Waals surface area contributed by atoms with Gasteiger partial charge in [-0.05, 0) is 61.4 Å². The lowest BCUT2D eigenvalue weighted by molar-refractivity contribution is 0.300. The Hall–Kier alpha value is -2.85. The van der Waals surface area contributed by atoms with E-state index in [1.54, 1.807) is 12.1 Å². The number of aromatic nitrogens is 2. The summed E-state index contributed by atoms with van der Waals surface area (Å²) in [4.78, 5) is 4.66. The standard InChI is InChI=1S/C23H20ClFN2O/c1-15-13-17(14-16(2)22(15)24)28-12-11-27-21-10-6-5-9-20(21)26-23(27)18-7-3-4-8-19(18)25/h3-10,13-14H,11-12H2,1-2H3. The number of imidazole rings is 1. The number of rotatable bonds is 5. The molecular formula is C23H20ClFN2O. The lowest BCUT2D eigenvalue weighted by Crippen LogP contribution is -2.10. The summed E-state index contributed by atoms with van der Waals surface area (Å²) < 4.78 is 22.4. The predicted octanol–water partition coefficient (Wildman–Crippen LogP) is 6.19. The van der Waals surface area contributed by atoms with E-state index in [9.17, 15) is 4.39 Å². The Morgan fingerprint density at radius 1 is 1.00 bits per heavy atom. The molecule has 0 spiro atoms. The van der Waals surface area contributed by atoms with Gasteiger partial charge in [-0.15, -0.1) is 0 Å². The van der Waals surface area contributed by atoms with Crippen LogP contribution in [0, 0.1) is 19.7 Å². The first-order chi connectivity index (χ1) is 13.5. The molecule has 0 aliphatic carbocycles. The molecule has 4 rings (SSSR count). The Bertz CT molecular complexity index is 1130. The molecule has 0 aliphatic rings. The fourth-order valence-corrected chi connectivity index (χ4v) is 3.50. The normalized spacial score (nSPS) is 11.1. The Morgan fingerprint density at radius 3 is 2.43 bits per heavy atom. The van der Waals surface area contributed by atoms with E-state index >= 15 is 0 Å². The second-order valence-electron chi connectivity index (χ2n) is 6.78. The molecule has 142 valence electrons. The zero-order valence-electron chi connectivity index (χ0n) is 15.7. The van der Waals surface area contributed by atoms with Gasteiger partial charge in [-0.3, -0.25) is 0 Å². The second kappa shape index (κ2) is 7.64. The Kier molecular flexibility index (Phi) is 5.05. The van der Waals surface area contributed by atoms with Crippen molar-refractivity contribution < 1.29 is 9.13 Å². The predicted molar refractivity (Wildman–Crippen MR) is 112 cm³/mol. The first kappa shape index (κ1) is 18.5. The molecule has 0 aliphatic heterocycles. The lowest BCUT2D eigenvalue weighted by Gasteiger charge is -2.13. The summed E-state index contributed by atoms with van der Waals surface area (Å²) in [6.07, 6.45) is 0. The highest BCUT2D eigenvalue weighted by Gasteiger charge is 2.15. The van der Waals surface area contributed by atoms with Crippen LogP contribution < -0.4 is 4.74 Å². The van der Waals surface area contributed by atoms with Gasteiger partial charge in [0.25, 0.3) is 0 Å². The van der Waals surface area contributed by atoms with E-state index in [0.29, 0.717) is 24.5 Å². The van der Waals surface area contributed by atoms with Crippen molar-refractivity contribution in [1.82, 2.24) is 9.55 Å². The van der Waals surface area contributed by atoms with Gasteiger partial charge in [0, 0.05) is 5.02 Å². The van der Waals surface area contributed by atoms with Crippen LogP contribution in [0.4, 0.5) is 4.39 Å². The van der Waals surface area contributed by atoms with Crippen LogP contribution in [0.25, 0.3) is 22.4 Å². The van der Waals surface area contributed by atoms with E-state index < -0.39 is 0 Å². The third kappa shape index (κ3) is 3.48. The number of para-hydroxylation sites is 2. The van der Waals surface area contributed by atoms with Gasteiger partial charge in [0.05, 0.1) is 23.1 Å². The maximum atomic E-state index is 14.4. The summed E-state index contributed by atoms with van der Waals surface area (Å²) in [7, 11) is 0. The van der Waals surface area contributed by atoms with E-state index in [2.05, 4.69) is 4.98 Å². The number of ether oxygens (including phenoxy) is 1. The molecule has 0 amide bonds. The van der Waals surface area contributed by atoms with E-state index in [4.69, 9.17) is 16.3 Å².